The van der Waals surface area contributed by atoms with Crippen LogP contribution < -0.4 is 9.47 Å². The molecule has 0 aliphatic heterocycles. The molecule has 0 spiro atoms. The molecule has 0 heterocycles. The van der Waals surface area contributed by atoms with Gasteiger partial charge in [0.15, 0.2) is 23.0 Å². The Labute approximate surface area is 156 Å². The summed E-state index contributed by atoms with van der Waals surface area (Å²) in [7, 11) is 2.85. The number of hydrogen-bond donors (Lipinski definition) is 4. The number of phenolic OH excluding ortho intramolecular Hbond substituents is 2. The quantitative estimate of drug-likeness (QED) is 0.633. The molecule has 4 N–H and O–H groups in total. The lowest BCUT2D eigenvalue weighted by atomic mass is 9.66. The number of carboxylic acids is 1. The molecule has 7 heteroatoms. The lowest BCUT2D eigenvalue weighted by Gasteiger charge is -2.37. The minimum absolute atomic E-state index is 0.0369. The van der Waals surface area contributed by atoms with E-state index in [9.17, 15) is 25.2 Å². The highest BCUT2D eigenvalue weighted by Crippen LogP contribution is 2.47. The van der Waals surface area contributed by atoms with Crippen LogP contribution in [-0.2, 0) is 11.2 Å². The smallest absolute Gasteiger partial charge is 0.307 e. The predicted octanol–water partition coefficient (Wildman–Crippen LogP) is 2.11. The largest absolute Gasteiger partial charge is 0.504 e. The fourth-order valence-electron chi connectivity index (χ4n) is 3.93. The fourth-order valence-corrected chi connectivity index (χ4v) is 3.93. The van der Waals surface area contributed by atoms with Crippen molar-refractivity contribution in [3.05, 3.63) is 47.0 Å². The van der Waals surface area contributed by atoms with Crippen LogP contribution in [0.15, 0.2) is 30.3 Å². The molecule has 3 rings (SSSR count). The highest BCUT2D eigenvalue weighted by Gasteiger charge is 2.41. The monoisotopic (exact) mass is 374 g/mol. The van der Waals surface area contributed by atoms with Crippen molar-refractivity contribution in [2.75, 3.05) is 20.8 Å². The summed E-state index contributed by atoms with van der Waals surface area (Å²) in [5.41, 5.74) is 2.14. The number of aliphatic hydroxyl groups is 1. The number of fused-ring (bicyclic) bond motifs is 1. The van der Waals surface area contributed by atoms with Gasteiger partial charge in [-0.25, -0.2) is 0 Å². The first-order valence-electron chi connectivity index (χ1n) is 8.51. The first-order valence-corrected chi connectivity index (χ1v) is 8.51. The number of methoxy groups -OCH3 is 2. The Morgan fingerprint density at radius 1 is 1.07 bits per heavy atom. The van der Waals surface area contributed by atoms with Crippen LogP contribution in [0, 0.1) is 11.8 Å². The molecule has 0 radical (unpaired) electrons. The average Bonchev–Trinajstić information content (AvgIpc) is 2.66. The summed E-state index contributed by atoms with van der Waals surface area (Å²) in [6.07, 6.45) is 0.220. The Balaban J connectivity index is 2.22. The number of aliphatic hydroxyl groups excluding tert-OH is 1. The van der Waals surface area contributed by atoms with E-state index in [1.165, 1.54) is 20.3 Å². The Morgan fingerprint density at radius 3 is 2.33 bits per heavy atom. The highest BCUT2D eigenvalue weighted by molar-refractivity contribution is 5.72. The van der Waals surface area contributed by atoms with Gasteiger partial charge in [0.2, 0.25) is 0 Å². The van der Waals surface area contributed by atoms with Crippen molar-refractivity contribution in [2.24, 2.45) is 11.8 Å². The first kappa shape index (κ1) is 18.8. The van der Waals surface area contributed by atoms with E-state index in [1.54, 1.807) is 24.3 Å². The van der Waals surface area contributed by atoms with Gasteiger partial charge in [-0.05, 0) is 47.4 Å². The molecule has 2 aromatic carbocycles. The second-order valence-corrected chi connectivity index (χ2v) is 6.63. The van der Waals surface area contributed by atoms with E-state index < -0.39 is 23.7 Å². The van der Waals surface area contributed by atoms with Crippen LogP contribution in [0.4, 0.5) is 0 Å². The Kier molecular flexibility index (Phi) is 5.14. The first-order chi connectivity index (χ1) is 12.9. The van der Waals surface area contributed by atoms with Gasteiger partial charge in [-0.1, -0.05) is 6.07 Å². The standard InChI is InChI=1S/C20H22O7/c1-26-17-6-10(3-4-15(17)22)19-12-8-16(23)18(27-2)7-11(12)5-13(20(24)25)14(19)9-21/h3-4,6-8,13-14,19,21-23H,5,9H2,1-2H3,(H,24,25)/t13-,14-,19-/m0/s1. The van der Waals surface area contributed by atoms with Crippen LogP contribution in [0.1, 0.15) is 22.6 Å². The number of ether oxygens (including phenoxy) is 2. The summed E-state index contributed by atoms with van der Waals surface area (Å²) in [4.78, 5) is 11.9. The van der Waals surface area contributed by atoms with Crippen molar-refractivity contribution in [1.82, 2.24) is 0 Å². The number of hydrogen-bond acceptors (Lipinski definition) is 6. The van der Waals surface area contributed by atoms with E-state index in [0.29, 0.717) is 5.56 Å². The third kappa shape index (κ3) is 3.26. The molecule has 0 aromatic heterocycles. The molecule has 0 amide bonds. The molecule has 7 nitrogen and oxygen atoms in total. The van der Waals surface area contributed by atoms with Gasteiger partial charge < -0.3 is 29.9 Å². The molecule has 2 aromatic rings. The van der Waals surface area contributed by atoms with Crippen LogP contribution >= 0.6 is 0 Å². The molecule has 0 fully saturated rings. The summed E-state index contributed by atoms with van der Waals surface area (Å²) >= 11 is 0. The van der Waals surface area contributed by atoms with E-state index >= 15 is 0 Å². The maximum absolute atomic E-state index is 11.9. The molecular weight excluding hydrogens is 352 g/mol. The Bertz CT molecular complexity index is 862. The Hall–Kier alpha value is -2.93. The van der Waals surface area contributed by atoms with Crippen LogP contribution in [0.5, 0.6) is 23.0 Å². The van der Waals surface area contributed by atoms with Gasteiger partial charge in [0.1, 0.15) is 0 Å². The van der Waals surface area contributed by atoms with Gasteiger partial charge in [-0.3, -0.25) is 4.79 Å². The van der Waals surface area contributed by atoms with E-state index in [-0.39, 0.29) is 36.0 Å². The highest BCUT2D eigenvalue weighted by atomic mass is 16.5. The molecule has 144 valence electrons. The van der Waals surface area contributed by atoms with Crippen molar-refractivity contribution in [1.29, 1.82) is 0 Å². The summed E-state index contributed by atoms with van der Waals surface area (Å²) in [6.45, 7) is -0.336. The second kappa shape index (κ2) is 7.36. The van der Waals surface area contributed by atoms with Gasteiger partial charge in [-0.15, -0.1) is 0 Å². The van der Waals surface area contributed by atoms with Crippen molar-refractivity contribution in [3.63, 3.8) is 0 Å². The van der Waals surface area contributed by atoms with E-state index in [2.05, 4.69) is 0 Å². The molecule has 27 heavy (non-hydrogen) atoms. The van der Waals surface area contributed by atoms with E-state index in [4.69, 9.17) is 9.47 Å². The lowest BCUT2D eigenvalue weighted by molar-refractivity contribution is -0.144. The Morgan fingerprint density at radius 2 is 1.74 bits per heavy atom. The summed E-state index contributed by atoms with van der Waals surface area (Å²) in [5, 5.41) is 39.8. The fraction of sp³-hybridized carbons (Fsp3) is 0.350. The minimum atomic E-state index is -0.998. The zero-order valence-corrected chi connectivity index (χ0v) is 15.0. The second-order valence-electron chi connectivity index (χ2n) is 6.63. The van der Waals surface area contributed by atoms with Crippen molar-refractivity contribution in [2.45, 2.75) is 12.3 Å². The SMILES string of the molecule is COc1cc([C@H]2c3cc(O)c(OC)cc3C[C@H](C(=O)O)[C@@H]2CO)ccc1O. The van der Waals surface area contributed by atoms with Gasteiger partial charge in [0.25, 0.3) is 0 Å². The molecule has 0 saturated heterocycles. The lowest BCUT2D eigenvalue weighted by Crippen LogP contribution is -2.37. The third-order valence-electron chi connectivity index (χ3n) is 5.25. The average molecular weight is 374 g/mol. The van der Waals surface area contributed by atoms with Crippen LogP contribution in [-0.4, -0.2) is 47.2 Å². The molecule has 0 unspecified atom stereocenters. The van der Waals surface area contributed by atoms with Crippen LogP contribution in [0.25, 0.3) is 0 Å². The van der Waals surface area contributed by atoms with Crippen molar-refractivity contribution < 1.29 is 34.7 Å². The number of aliphatic carboxylic acids is 1. The predicted molar refractivity (Wildman–Crippen MR) is 96.6 cm³/mol. The summed E-state index contributed by atoms with van der Waals surface area (Å²) < 4.78 is 10.3. The topological polar surface area (TPSA) is 116 Å². The van der Waals surface area contributed by atoms with Crippen LogP contribution in [0.3, 0.4) is 0 Å². The summed E-state index contributed by atoms with van der Waals surface area (Å²) in [6, 6.07) is 7.95. The molecule has 3 atom stereocenters. The zero-order chi connectivity index (χ0) is 19.7. The van der Waals surface area contributed by atoms with Gasteiger partial charge in [0.05, 0.1) is 20.1 Å². The number of benzene rings is 2. The maximum Gasteiger partial charge on any atom is 0.307 e. The maximum atomic E-state index is 11.9. The third-order valence-corrected chi connectivity index (χ3v) is 5.25. The summed E-state index contributed by atoms with van der Waals surface area (Å²) in [5.74, 6) is -2.47. The molecule has 1 aliphatic rings. The number of rotatable bonds is 5. The minimum Gasteiger partial charge on any atom is -0.504 e. The molecule has 0 saturated carbocycles. The van der Waals surface area contributed by atoms with Gasteiger partial charge in [0, 0.05) is 18.4 Å². The van der Waals surface area contributed by atoms with Gasteiger partial charge in [-0.2, -0.15) is 0 Å². The van der Waals surface area contributed by atoms with Crippen LogP contribution in [0.2, 0.25) is 0 Å². The van der Waals surface area contributed by atoms with Crippen molar-refractivity contribution >= 4 is 5.97 Å². The zero-order valence-electron chi connectivity index (χ0n) is 15.0. The van der Waals surface area contributed by atoms with Gasteiger partial charge >= 0.3 is 5.97 Å². The number of phenols is 2. The molecular formula is C20H22O7. The number of carbonyl (C=O) groups is 1. The molecule has 0 bridgehead atoms. The molecule has 1 aliphatic carbocycles. The van der Waals surface area contributed by atoms with E-state index in [1.807, 2.05) is 0 Å². The number of aromatic hydroxyl groups is 2. The van der Waals surface area contributed by atoms with E-state index in [0.717, 1.165) is 11.1 Å². The number of carboxylic acid groups (broad SMARTS) is 1. The normalized spacial score (nSPS) is 21.4. The van der Waals surface area contributed by atoms with Crippen molar-refractivity contribution in [3.8, 4) is 23.0 Å².